The summed E-state index contributed by atoms with van der Waals surface area (Å²) in [7, 11) is 2.13. The SMILES string of the molecule is CCC(C)(C)C1CCC2(c3cccn3C)OC2C1. The third kappa shape index (κ3) is 1.65. The zero-order valence-electron chi connectivity index (χ0n) is 12.1. The highest BCUT2D eigenvalue weighted by Crippen LogP contribution is 2.59. The number of fused-ring (bicyclic) bond motifs is 1. The Morgan fingerprint density at radius 2 is 2.28 bits per heavy atom. The van der Waals surface area contributed by atoms with Crippen LogP contribution in [0.5, 0.6) is 0 Å². The monoisotopic (exact) mass is 247 g/mol. The molecule has 2 heterocycles. The summed E-state index contributed by atoms with van der Waals surface area (Å²) in [6.45, 7) is 7.14. The quantitative estimate of drug-likeness (QED) is 0.742. The Morgan fingerprint density at radius 3 is 2.83 bits per heavy atom. The average molecular weight is 247 g/mol. The van der Waals surface area contributed by atoms with E-state index >= 15 is 0 Å². The summed E-state index contributed by atoms with van der Waals surface area (Å²) in [5.41, 5.74) is 1.91. The molecule has 1 aliphatic carbocycles. The van der Waals surface area contributed by atoms with E-state index in [-0.39, 0.29) is 5.60 Å². The number of hydrogen-bond donors (Lipinski definition) is 0. The summed E-state index contributed by atoms with van der Waals surface area (Å²) in [4.78, 5) is 0. The zero-order chi connectivity index (χ0) is 13.0. The molecular formula is C16H25NO. The molecule has 1 aliphatic heterocycles. The van der Waals surface area contributed by atoms with Crippen molar-refractivity contribution in [3.8, 4) is 0 Å². The molecule has 0 spiro atoms. The second-order valence-corrected chi connectivity index (χ2v) is 6.81. The average Bonchev–Trinajstić information content (AvgIpc) is 2.94. The molecule has 1 saturated heterocycles. The highest BCUT2D eigenvalue weighted by Gasteiger charge is 2.62. The van der Waals surface area contributed by atoms with Gasteiger partial charge in [0.1, 0.15) is 5.60 Å². The minimum Gasteiger partial charge on any atom is -0.359 e. The molecule has 18 heavy (non-hydrogen) atoms. The Balaban J connectivity index is 1.76. The molecule has 0 radical (unpaired) electrons. The Kier molecular flexibility index (Phi) is 2.64. The second-order valence-electron chi connectivity index (χ2n) is 6.81. The fourth-order valence-corrected chi connectivity index (χ4v) is 3.70. The van der Waals surface area contributed by atoms with E-state index in [0.717, 1.165) is 5.92 Å². The maximum atomic E-state index is 6.14. The molecule has 2 nitrogen and oxygen atoms in total. The van der Waals surface area contributed by atoms with Crippen molar-refractivity contribution >= 4 is 0 Å². The molecule has 3 unspecified atom stereocenters. The van der Waals surface area contributed by atoms with Crippen molar-refractivity contribution in [2.24, 2.45) is 18.4 Å². The number of hydrogen-bond acceptors (Lipinski definition) is 1. The van der Waals surface area contributed by atoms with Crippen molar-refractivity contribution in [2.45, 2.75) is 58.2 Å². The summed E-state index contributed by atoms with van der Waals surface area (Å²) >= 11 is 0. The van der Waals surface area contributed by atoms with Gasteiger partial charge in [0, 0.05) is 13.2 Å². The van der Waals surface area contributed by atoms with Gasteiger partial charge in [0.05, 0.1) is 11.8 Å². The predicted octanol–water partition coefficient (Wildman–Crippen LogP) is 3.86. The fourth-order valence-electron chi connectivity index (χ4n) is 3.70. The molecule has 0 aromatic carbocycles. The van der Waals surface area contributed by atoms with E-state index in [1.165, 1.54) is 31.4 Å². The van der Waals surface area contributed by atoms with Crippen LogP contribution in [-0.4, -0.2) is 10.7 Å². The van der Waals surface area contributed by atoms with Crippen molar-refractivity contribution in [3.63, 3.8) is 0 Å². The third-order valence-corrected chi connectivity index (χ3v) is 5.57. The lowest BCUT2D eigenvalue weighted by Crippen LogP contribution is -2.32. The van der Waals surface area contributed by atoms with Crippen LogP contribution in [0.1, 0.15) is 52.1 Å². The lowest BCUT2D eigenvalue weighted by molar-refractivity contribution is 0.151. The van der Waals surface area contributed by atoms with Gasteiger partial charge in [-0.05, 0) is 42.7 Å². The number of aryl methyl sites for hydroxylation is 1. The topological polar surface area (TPSA) is 17.5 Å². The second kappa shape index (κ2) is 3.86. The number of ether oxygens (including phenoxy) is 1. The molecule has 100 valence electrons. The molecule has 1 aromatic heterocycles. The van der Waals surface area contributed by atoms with Crippen LogP contribution in [-0.2, 0) is 17.4 Å². The standard InChI is InChI=1S/C16H25NO/c1-5-15(2,3)12-8-9-16(14(11-12)18-16)13-7-6-10-17(13)4/h6-7,10,12,14H,5,8-9,11H2,1-4H3. The molecule has 0 N–H and O–H groups in total. The van der Waals surface area contributed by atoms with Crippen LogP contribution in [0.15, 0.2) is 18.3 Å². The summed E-state index contributed by atoms with van der Waals surface area (Å²) in [5, 5.41) is 0. The van der Waals surface area contributed by atoms with Crippen LogP contribution in [0.25, 0.3) is 0 Å². The van der Waals surface area contributed by atoms with Gasteiger partial charge in [-0.25, -0.2) is 0 Å². The first kappa shape index (κ1) is 12.3. The van der Waals surface area contributed by atoms with E-state index in [1.54, 1.807) is 0 Å². The Labute approximate surface area is 110 Å². The molecule has 0 amide bonds. The molecule has 3 rings (SSSR count). The van der Waals surface area contributed by atoms with Crippen molar-refractivity contribution in [1.82, 2.24) is 4.57 Å². The lowest BCUT2D eigenvalue weighted by Gasteiger charge is -2.36. The van der Waals surface area contributed by atoms with Gasteiger partial charge in [-0.15, -0.1) is 0 Å². The molecule has 1 saturated carbocycles. The van der Waals surface area contributed by atoms with Gasteiger partial charge in [0.25, 0.3) is 0 Å². The van der Waals surface area contributed by atoms with Crippen LogP contribution in [0.4, 0.5) is 0 Å². The fraction of sp³-hybridized carbons (Fsp3) is 0.750. The summed E-state index contributed by atoms with van der Waals surface area (Å²) in [6, 6.07) is 4.36. The van der Waals surface area contributed by atoms with E-state index in [2.05, 4.69) is 50.7 Å². The molecule has 2 aliphatic rings. The van der Waals surface area contributed by atoms with Gasteiger partial charge in [0.15, 0.2) is 0 Å². The van der Waals surface area contributed by atoms with E-state index < -0.39 is 0 Å². The summed E-state index contributed by atoms with van der Waals surface area (Å²) < 4.78 is 8.37. The maximum Gasteiger partial charge on any atom is 0.134 e. The van der Waals surface area contributed by atoms with Gasteiger partial charge in [-0.1, -0.05) is 27.2 Å². The molecule has 3 atom stereocenters. The van der Waals surface area contributed by atoms with Crippen molar-refractivity contribution in [1.29, 1.82) is 0 Å². The normalized spacial score (nSPS) is 35.3. The smallest absolute Gasteiger partial charge is 0.134 e. The third-order valence-electron chi connectivity index (χ3n) is 5.57. The van der Waals surface area contributed by atoms with Crippen LogP contribution < -0.4 is 0 Å². The maximum absolute atomic E-state index is 6.14. The minimum absolute atomic E-state index is 0.0680. The zero-order valence-corrected chi connectivity index (χ0v) is 12.1. The first-order chi connectivity index (χ1) is 8.49. The Morgan fingerprint density at radius 1 is 1.50 bits per heavy atom. The van der Waals surface area contributed by atoms with Crippen LogP contribution in [0, 0.1) is 11.3 Å². The van der Waals surface area contributed by atoms with Crippen molar-refractivity contribution < 1.29 is 4.74 Å². The van der Waals surface area contributed by atoms with E-state index in [4.69, 9.17) is 4.74 Å². The highest BCUT2D eigenvalue weighted by atomic mass is 16.6. The Hall–Kier alpha value is -0.760. The van der Waals surface area contributed by atoms with Crippen LogP contribution in [0.3, 0.4) is 0 Å². The first-order valence-electron chi connectivity index (χ1n) is 7.29. The van der Waals surface area contributed by atoms with Crippen molar-refractivity contribution in [3.05, 3.63) is 24.0 Å². The van der Waals surface area contributed by atoms with E-state index in [9.17, 15) is 0 Å². The number of epoxide rings is 1. The molecule has 2 heteroatoms. The number of aromatic nitrogens is 1. The molecule has 2 fully saturated rings. The van der Waals surface area contributed by atoms with Gasteiger partial charge in [-0.3, -0.25) is 0 Å². The molecule has 0 bridgehead atoms. The first-order valence-corrected chi connectivity index (χ1v) is 7.29. The van der Waals surface area contributed by atoms with E-state index in [1.807, 2.05) is 0 Å². The van der Waals surface area contributed by atoms with Gasteiger partial charge in [0.2, 0.25) is 0 Å². The Bertz CT molecular complexity index is 448. The minimum atomic E-state index is 0.0680. The van der Waals surface area contributed by atoms with Crippen LogP contribution >= 0.6 is 0 Å². The van der Waals surface area contributed by atoms with Gasteiger partial charge >= 0.3 is 0 Å². The largest absolute Gasteiger partial charge is 0.359 e. The van der Waals surface area contributed by atoms with Gasteiger partial charge < -0.3 is 9.30 Å². The number of rotatable bonds is 3. The molecule has 1 aromatic rings. The van der Waals surface area contributed by atoms with Gasteiger partial charge in [-0.2, -0.15) is 0 Å². The number of nitrogens with zero attached hydrogens (tertiary/aromatic N) is 1. The summed E-state index contributed by atoms with van der Waals surface area (Å²) in [5.74, 6) is 0.823. The lowest BCUT2D eigenvalue weighted by atomic mass is 9.67. The van der Waals surface area contributed by atoms with Crippen molar-refractivity contribution in [2.75, 3.05) is 0 Å². The predicted molar refractivity (Wildman–Crippen MR) is 73.4 cm³/mol. The molecular weight excluding hydrogens is 222 g/mol. The summed E-state index contributed by atoms with van der Waals surface area (Å²) in [6.07, 6.45) is 7.61. The van der Waals surface area contributed by atoms with Crippen LogP contribution in [0.2, 0.25) is 0 Å². The van der Waals surface area contributed by atoms with E-state index in [0.29, 0.717) is 11.5 Å². The highest BCUT2D eigenvalue weighted by molar-refractivity contribution is 5.26.